The van der Waals surface area contributed by atoms with Gasteiger partial charge in [-0.05, 0) is 50.3 Å². The number of fused-ring (bicyclic) bond motifs is 1. The summed E-state index contributed by atoms with van der Waals surface area (Å²) in [5, 5.41) is 14.1. The second-order valence-electron chi connectivity index (χ2n) is 10.4. The van der Waals surface area contributed by atoms with Gasteiger partial charge >= 0.3 is 5.97 Å². The molecule has 0 bridgehead atoms. The average Bonchev–Trinajstić information content (AvgIpc) is 3.26. The summed E-state index contributed by atoms with van der Waals surface area (Å²) in [7, 11) is 0. The van der Waals surface area contributed by atoms with Crippen LogP contribution in [0.1, 0.15) is 37.8 Å². The average molecular weight is 491 g/mol. The van der Waals surface area contributed by atoms with Crippen LogP contribution in [0.2, 0.25) is 0 Å². The Hall–Kier alpha value is -3.65. The lowest BCUT2D eigenvalue weighted by molar-refractivity contribution is -0.155. The van der Waals surface area contributed by atoms with Gasteiger partial charge in [0.2, 0.25) is 11.8 Å². The molecule has 1 aliphatic heterocycles. The van der Waals surface area contributed by atoms with E-state index in [1.165, 1.54) is 0 Å². The summed E-state index contributed by atoms with van der Waals surface area (Å²) < 4.78 is 0. The van der Waals surface area contributed by atoms with Crippen molar-refractivity contribution in [2.45, 2.75) is 51.1 Å². The van der Waals surface area contributed by atoms with Crippen LogP contribution in [-0.2, 0) is 27.2 Å². The molecule has 1 fully saturated rings. The molecule has 8 nitrogen and oxygen atoms in total. The van der Waals surface area contributed by atoms with Gasteiger partial charge < -0.3 is 26.0 Å². The van der Waals surface area contributed by atoms with Crippen LogP contribution >= 0.6 is 0 Å². The number of H-pyrrole nitrogens is 1. The third-order valence-electron chi connectivity index (χ3n) is 7.02. The minimum atomic E-state index is -1.17. The number of aromatic amines is 1. The van der Waals surface area contributed by atoms with E-state index >= 15 is 0 Å². The summed E-state index contributed by atoms with van der Waals surface area (Å²) in [6.45, 7) is 3.70. The number of aromatic nitrogens is 1. The van der Waals surface area contributed by atoms with Crippen LogP contribution in [0.4, 0.5) is 0 Å². The third-order valence-corrected chi connectivity index (χ3v) is 7.02. The maximum atomic E-state index is 13.9. The Morgan fingerprint density at radius 1 is 1.14 bits per heavy atom. The molecule has 2 aromatic carbocycles. The molecule has 1 aliphatic rings. The highest BCUT2D eigenvalue weighted by Gasteiger charge is 2.45. The fourth-order valence-corrected chi connectivity index (χ4v) is 4.99. The van der Waals surface area contributed by atoms with Crippen molar-refractivity contribution < 1.29 is 19.5 Å². The number of carboxylic acid groups (broad SMARTS) is 1. The normalized spacial score (nSPS) is 19.1. The van der Waals surface area contributed by atoms with Crippen molar-refractivity contribution in [3.63, 3.8) is 0 Å². The largest absolute Gasteiger partial charge is 0.481 e. The highest BCUT2D eigenvalue weighted by atomic mass is 16.4. The summed E-state index contributed by atoms with van der Waals surface area (Å²) in [5.74, 6) is -1.65. The minimum Gasteiger partial charge on any atom is -0.481 e. The fraction of sp³-hybridized carbons (Fsp3) is 0.393. The van der Waals surface area contributed by atoms with E-state index in [9.17, 15) is 19.5 Å². The summed E-state index contributed by atoms with van der Waals surface area (Å²) in [6.07, 6.45) is 3.50. The minimum absolute atomic E-state index is 0.0856. The topological polar surface area (TPSA) is 129 Å². The van der Waals surface area contributed by atoms with Gasteiger partial charge in [-0.25, -0.2) is 0 Å². The second-order valence-corrected chi connectivity index (χ2v) is 10.4. The first-order chi connectivity index (χ1) is 17.1. The molecule has 0 radical (unpaired) electrons. The zero-order valence-electron chi connectivity index (χ0n) is 20.8. The van der Waals surface area contributed by atoms with E-state index in [0.717, 1.165) is 22.0 Å². The van der Waals surface area contributed by atoms with Crippen LogP contribution in [0.5, 0.6) is 0 Å². The highest BCUT2D eigenvalue weighted by Crippen LogP contribution is 2.35. The Labute approximate surface area is 210 Å². The number of carbonyl (C=O) groups is 3. The number of para-hydroxylation sites is 1. The monoisotopic (exact) mass is 490 g/mol. The summed E-state index contributed by atoms with van der Waals surface area (Å²) in [6, 6.07) is 16.4. The van der Waals surface area contributed by atoms with E-state index in [0.29, 0.717) is 25.8 Å². The Bertz CT molecular complexity index is 1250. The Morgan fingerprint density at radius 2 is 1.83 bits per heavy atom. The van der Waals surface area contributed by atoms with E-state index in [1.54, 1.807) is 18.7 Å². The smallest absolute Gasteiger partial charge is 0.311 e. The number of likely N-dealkylation sites (tertiary alicyclic amines) is 1. The number of nitrogens with two attached hydrogens (primary N) is 1. The molecule has 36 heavy (non-hydrogen) atoms. The number of hydrogen-bond donors (Lipinski definition) is 4. The van der Waals surface area contributed by atoms with E-state index in [4.69, 9.17) is 5.73 Å². The van der Waals surface area contributed by atoms with Crippen molar-refractivity contribution in [1.82, 2.24) is 15.2 Å². The van der Waals surface area contributed by atoms with Gasteiger partial charge in [0.1, 0.15) is 6.04 Å². The predicted molar refractivity (Wildman–Crippen MR) is 138 cm³/mol. The molecule has 2 atom stereocenters. The Balaban J connectivity index is 1.61. The number of nitrogens with one attached hydrogen (secondary N) is 2. The lowest BCUT2D eigenvalue weighted by atomic mass is 9.75. The fourth-order valence-electron chi connectivity index (χ4n) is 4.99. The quantitative estimate of drug-likeness (QED) is 0.386. The van der Waals surface area contributed by atoms with Gasteiger partial charge in [-0.15, -0.1) is 0 Å². The van der Waals surface area contributed by atoms with E-state index in [1.807, 2.05) is 60.8 Å². The highest BCUT2D eigenvalue weighted by molar-refractivity contribution is 5.93. The molecule has 5 N–H and O–H groups in total. The summed E-state index contributed by atoms with van der Waals surface area (Å²) in [5.41, 5.74) is 6.52. The first kappa shape index (κ1) is 25.4. The molecule has 1 aromatic heterocycles. The van der Waals surface area contributed by atoms with Crippen LogP contribution in [-0.4, -0.2) is 57.4 Å². The van der Waals surface area contributed by atoms with Gasteiger partial charge in [0.15, 0.2) is 0 Å². The number of amides is 2. The molecule has 2 amide bonds. The third kappa shape index (κ3) is 5.44. The van der Waals surface area contributed by atoms with Gasteiger partial charge in [0.25, 0.3) is 0 Å². The first-order valence-electron chi connectivity index (χ1n) is 12.3. The summed E-state index contributed by atoms with van der Waals surface area (Å²) >= 11 is 0. The molecule has 190 valence electrons. The zero-order valence-corrected chi connectivity index (χ0v) is 20.8. The number of nitrogens with zero attached hydrogens (tertiary/aromatic N) is 1. The van der Waals surface area contributed by atoms with Crippen molar-refractivity contribution in [3.05, 3.63) is 71.9 Å². The van der Waals surface area contributed by atoms with E-state index in [-0.39, 0.29) is 18.9 Å². The van der Waals surface area contributed by atoms with Gasteiger partial charge in [0.05, 0.1) is 11.0 Å². The molecule has 8 heteroatoms. The van der Waals surface area contributed by atoms with Crippen LogP contribution in [0.15, 0.2) is 60.8 Å². The number of carbonyl (C=O) groups excluding carboxylic acids is 2. The molecular formula is C28H34N4O4. The number of rotatable bonds is 8. The van der Waals surface area contributed by atoms with E-state index in [2.05, 4.69) is 10.3 Å². The second kappa shape index (κ2) is 10.1. The van der Waals surface area contributed by atoms with Crippen molar-refractivity contribution in [2.75, 3.05) is 13.1 Å². The molecule has 0 spiro atoms. The number of carboxylic acids is 1. The number of hydrogen-bond acceptors (Lipinski definition) is 4. The standard InChI is InChI=1S/C28H34N4O4/c1-27(2,29)25(34)31-23(15-20-17-30-22-12-7-6-11-21(20)22)24(33)32-14-8-13-28(18-32,26(35)36)16-19-9-4-3-5-10-19/h3-7,9-12,17,23,30H,8,13-16,18,29H2,1-2H3,(H,31,34)(H,35,36)/t23-,28-/m1/s1. The number of aliphatic carboxylic acids is 1. The molecule has 1 saturated heterocycles. The van der Waals surface area contributed by atoms with Gasteiger partial charge in [-0.2, -0.15) is 0 Å². The first-order valence-corrected chi connectivity index (χ1v) is 12.3. The number of piperidine rings is 1. The molecule has 0 saturated carbocycles. The maximum absolute atomic E-state index is 13.9. The zero-order chi connectivity index (χ0) is 25.9. The Kier molecular flexibility index (Phi) is 7.17. The van der Waals surface area contributed by atoms with Crippen molar-refractivity contribution in [2.24, 2.45) is 11.1 Å². The SMILES string of the molecule is CC(C)(N)C(=O)N[C@H](Cc1c[nH]c2ccccc12)C(=O)N1CCC[C@](Cc2ccccc2)(C(=O)O)C1. The van der Waals surface area contributed by atoms with Crippen molar-refractivity contribution in [1.29, 1.82) is 0 Å². The van der Waals surface area contributed by atoms with Crippen LogP contribution in [0.25, 0.3) is 10.9 Å². The van der Waals surface area contributed by atoms with Gasteiger partial charge in [0, 0.05) is 36.6 Å². The molecule has 0 aliphatic carbocycles. The molecule has 4 rings (SSSR count). The van der Waals surface area contributed by atoms with Crippen LogP contribution in [0, 0.1) is 5.41 Å². The predicted octanol–water partition coefficient (Wildman–Crippen LogP) is 2.87. The van der Waals surface area contributed by atoms with Crippen molar-refractivity contribution in [3.8, 4) is 0 Å². The van der Waals surface area contributed by atoms with Crippen LogP contribution < -0.4 is 11.1 Å². The van der Waals surface area contributed by atoms with Crippen molar-refractivity contribution >= 4 is 28.7 Å². The molecular weight excluding hydrogens is 456 g/mol. The van der Waals surface area contributed by atoms with Gasteiger partial charge in [-0.1, -0.05) is 48.5 Å². The summed E-state index contributed by atoms with van der Waals surface area (Å²) in [4.78, 5) is 44.0. The molecule has 0 unspecified atom stereocenters. The van der Waals surface area contributed by atoms with E-state index < -0.39 is 28.9 Å². The van der Waals surface area contributed by atoms with Crippen LogP contribution in [0.3, 0.4) is 0 Å². The number of benzene rings is 2. The Morgan fingerprint density at radius 3 is 2.53 bits per heavy atom. The maximum Gasteiger partial charge on any atom is 0.311 e. The lowest BCUT2D eigenvalue weighted by Gasteiger charge is -2.41. The van der Waals surface area contributed by atoms with Gasteiger partial charge in [-0.3, -0.25) is 14.4 Å². The lowest BCUT2D eigenvalue weighted by Crippen LogP contribution is -2.59. The molecule has 3 aromatic rings. The molecule has 2 heterocycles.